The number of urea groups is 1. The van der Waals surface area contributed by atoms with Gasteiger partial charge in [-0.25, -0.2) is 4.79 Å². The number of ether oxygens (including phenoxy) is 1. The number of piperazine rings is 1. The fourth-order valence-corrected chi connectivity index (χ4v) is 3.36. The second kappa shape index (κ2) is 6.74. The minimum atomic E-state index is -0.621. The van der Waals surface area contributed by atoms with Gasteiger partial charge in [0.25, 0.3) is 5.91 Å². The minimum absolute atomic E-state index is 0.00961. The average molecular weight is 345 g/mol. The highest BCUT2D eigenvalue weighted by Crippen LogP contribution is 2.21. The van der Waals surface area contributed by atoms with Crippen LogP contribution in [0.1, 0.15) is 24.2 Å². The van der Waals surface area contributed by atoms with E-state index in [1.165, 1.54) is 6.92 Å². The van der Waals surface area contributed by atoms with Gasteiger partial charge in [0.1, 0.15) is 5.75 Å². The van der Waals surface area contributed by atoms with Crippen LogP contribution in [0.4, 0.5) is 4.79 Å². The summed E-state index contributed by atoms with van der Waals surface area (Å²) in [7, 11) is 1.78. The molecule has 0 radical (unpaired) electrons. The molecule has 2 saturated heterocycles. The molecule has 25 heavy (non-hydrogen) atoms. The molecule has 1 aromatic rings. The van der Waals surface area contributed by atoms with Crippen molar-refractivity contribution < 1.29 is 19.1 Å². The van der Waals surface area contributed by atoms with Crippen LogP contribution < -0.4 is 4.74 Å². The quantitative estimate of drug-likeness (QED) is 0.770. The van der Waals surface area contributed by atoms with Crippen LogP contribution in [0.15, 0.2) is 24.3 Å². The Morgan fingerprint density at radius 3 is 2.48 bits per heavy atom. The maximum Gasteiger partial charge on any atom is 0.320 e. The van der Waals surface area contributed by atoms with Gasteiger partial charge in [0.05, 0.1) is 6.04 Å². The molecule has 2 aliphatic heterocycles. The second-order valence-corrected chi connectivity index (χ2v) is 6.64. The maximum atomic E-state index is 12.7. The minimum Gasteiger partial charge on any atom is -0.481 e. The number of benzene rings is 1. The molecule has 134 valence electrons. The van der Waals surface area contributed by atoms with Crippen LogP contribution in [0.2, 0.25) is 0 Å². The van der Waals surface area contributed by atoms with Crippen molar-refractivity contribution in [3.05, 3.63) is 29.8 Å². The van der Waals surface area contributed by atoms with Crippen molar-refractivity contribution in [3.8, 4) is 5.75 Å². The number of hydrogen-bond donors (Lipinski definition) is 0. The third-order valence-corrected chi connectivity index (χ3v) is 4.77. The monoisotopic (exact) mass is 345 g/mol. The summed E-state index contributed by atoms with van der Waals surface area (Å²) < 4.78 is 5.72. The number of carbonyl (C=O) groups is 3. The first-order valence-electron chi connectivity index (χ1n) is 8.45. The van der Waals surface area contributed by atoms with Crippen LogP contribution in [-0.4, -0.2) is 77.8 Å². The molecule has 1 aromatic carbocycles. The fraction of sp³-hybridized carbons (Fsp3) is 0.500. The number of likely N-dealkylation sites (N-methyl/N-ethyl adjacent to an activating group) is 1. The van der Waals surface area contributed by atoms with Crippen LogP contribution in [0.5, 0.6) is 5.75 Å². The Hall–Kier alpha value is -2.57. The van der Waals surface area contributed by atoms with Gasteiger partial charge < -0.3 is 19.4 Å². The Labute approximate surface area is 147 Å². The topological polar surface area (TPSA) is 70.2 Å². The molecule has 3 rings (SSSR count). The zero-order valence-corrected chi connectivity index (χ0v) is 14.8. The number of ketones is 1. The van der Waals surface area contributed by atoms with Gasteiger partial charge in [-0.05, 0) is 38.1 Å². The number of carbonyl (C=O) groups excluding carboxylic acids is 3. The van der Waals surface area contributed by atoms with E-state index in [0.717, 1.165) is 0 Å². The summed E-state index contributed by atoms with van der Waals surface area (Å²) in [5.74, 6) is 0.460. The van der Waals surface area contributed by atoms with Gasteiger partial charge in [-0.15, -0.1) is 0 Å². The fourth-order valence-electron chi connectivity index (χ4n) is 3.36. The normalized spacial score (nSPS) is 21.2. The van der Waals surface area contributed by atoms with Crippen LogP contribution in [-0.2, 0) is 4.79 Å². The molecule has 3 amide bonds. The van der Waals surface area contributed by atoms with Gasteiger partial charge in [-0.3, -0.25) is 9.59 Å². The molecule has 2 unspecified atom stereocenters. The summed E-state index contributed by atoms with van der Waals surface area (Å²) in [4.78, 5) is 41.2. The van der Waals surface area contributed by atoms with E-state index in [1.54, 1.807) is 48.0 Å². The maximum absolute atomic E-state index is 12.7. The second-order valence-electron chi connectivity index (χ2n) is 6.64. The number of amides is 3. The highest BCUT2D eigenvalue weighted by atomic mass is 16.5. The number of nitrogens with zero attached hydrogens (tertiary/aromatic N) is 3. The lowest BCUT2D eigenvalue weighted by molar-refractivity contribution is -0.140. The molecule has 0 aromatic heterocycles. The smallest absolute Gasteiger partial charge is 0.320 e. The molecule has 2 fully saturated rings. The lowest BCUT2D eigenvalue weighted by Crippen LogP contribution is -2.56. The summed E-state index contributed by atoms with van der Waals surface area (Å²) in [5, 5.41) is 0. The Morgan fingerprint density at radius 1 is 1.16 bits per heavy atom. The van der Waals surface area contributed by atoms with Crippen molar-refractivity contribution in [1.82, 2.24) is 14.7 Å². The van der Waals surface area contributed by atoms with Gasteiger partial charge in [-0.1, -0.05) is 0 Å². The molecule has 0 N–H and O–H groups in total. The van der Waals surface area contributed by atoms with Crippen molar-refractivity contribution in [1.29, 1.82) is 0 Å². The van der Waals surface area contributed by atoms with Crippen molar-refractivity contribution in [3.63, 3.8) is 0 Å². The van der Waals surface area contributed by atoms with E-state index in [-0.39, 0.29) is 23.8 Å². The predicted molar refractivity (Wildman–Crippen MR) is 91.6 cm³/mol. The summed E-state index contributed by atoms with van der Waals surface area (Å²) in [6, 6.07) is 6.86. The van der Waals surface area contributed by atoms with E-state index in [0.29, 0.717) is 37.5 Å². The zero-order valence-electron chi connectivity index (χ0n) is 14.8. The summed E-state index contributed by atoms with van der Waals surface area (Å²) in [6.07, 6.45) is -0.621. The van der Waals surface area contributed by atoms with Gasteiger partial charge in [0.15, 0.2) is 11.9 Å². The highest BCUT2D eigenvalue weighted by molar-refractivity contribution is 5.94. The molecule has 7 heteroatoms. The van der Waals surface area contributed by atoms with E-state index in [4.69, 9.17) is 4.74 Å². The third-order valence-electron chi connectivity index (χ3n) is 4.77. The SMILES string of the molecule is CC(=O)c1ccc(OC(C)C(=O)N2CCN3C(=O)N(C)CC3C2)cc1. The summed E-state index contributed by atoms with van der Waals surface area (Å²) >= 11 is 0. The first-order valence-corrected chi connectivity index (χ1v) is 8.45. The number of fused-ring (bicyclic) bond motifs is 1. The number of hydrogen-bond acceptors (Lipinski definition) is 4. The molecule has 0 bridgehead atoms. The molecule has 2 heterocycles. The molecular formula is C18H23N3O4. The van der Waals surface area contributed by atoms with Crippen LogP contribution in [0.25, 0.3) is 0 Å². The Bertz CT molecular complexity index is 688. The molecule has 0 spiro atoms. The van der Waals surface area contributed by atoms with Gasteiger partial charge in [0, 0.05) is 38.8 Å². The van der Waals surface area contributed by atoms with Crippen molar-refractivity contribution in [2.45, 2.75) is 26.0 Å². The molecule has 2 aliphatic rings. The molecular weight excluding hydrogens is 322 g/mol. The van der Waals surface area contributed by atoms with E-state index in [1.807, 2.05) is 4.90 Å². The number of rotatable bonds is 4. The molecule has 7 nitrogen and oxygen atoms in total. The Kier molecular flexibility index (Phi) is 4.65. The van der Waals surface area contributed by atoms with Crippen LogP contribution in [0, 0.1) is 0 Å². The zero-order chi connectivity index (χ0) is 18.1. The molecule has 0 saturated carbocycles. The standard InChI is InChI=1S/C18H23N3O4/c1-12(22)14-4-6-16(7-5-14)25-13(2)17(23)20-8-9-21-15(11-20)10-19(3)18(21)24/h4-7,13,15H,8-11H2,1-3H3. The molecule has 0 aliphatic carbocycles. The van der Waals surface area contributed by atoms with E-state index in [9.17, 15) is 14.4 Å². The average Bonchev–Trinajstić information content (AvgIpc) is 2.88. The first kappa shape index (κ1) is 17.3. The van der Waals surface area contributed by atoms with E-state index in [2.05, 4.69) is 0 Å². The summed E-state index contributed by atoms with van der Waals surface area (Å²) in [5.41, 5.74) is 0.609. The Balaban J connectivity index is 1.59. The van der Waals surface area contributed by atoms with E-state index < -0.39 is 6.10 Å². The summed E-state index contributed by atoms with van der Waals surface area (Å²) in [6.45, 7) is 5.48. The van der Waals surface area contributed by atoms with Crippen molar-refractivity contribution in [2.75, 3.05) is 33.2 Å². The van der Waals surface area contributed by atoms with Gasteiger partial charge in [0.2, 0.25) is 0 Å². The lowest BCUT2D eigenvalue weighted by atomic mass is 10.1. The van der Waals surface area contributed by atoms with Crippen LogP contribution >= 0.6 is 0 Å². The largest absolute Gasteiger partial charge is 0.481 e. The predicted octanol–water partition coefficient (Wildman–Crippen LogP) is 1.23. The highest BCUT2D eigenvalue weighted by Gasteiger charge is 2.40. The van der Waals surface area contributed by atoms with Gasteiger partial charge in [-0.2, -0.15) is 0 Å². The lowest BCUT2D eigenvalue weighted by Gasteiger charge is -2.37. The Morgan fingerprint density at radius 2 is 1.84 bits per heavy atom. The first-order chi connectivity index (χ1) is 11.9. The van der Waals surface area contributed by atoms with Gasteiger partial charge >= 0.3 is 6.03 Å². The number of Topliss-reactive ketones (excluding diaryl/α,β-unsaturated/α-hetero) is 1. The molecule has 2 atom stereocenters. The van der Waals surface area contributed by atoms with E-state index >= 15 is 0 Å². The van der Waals surface area contributed by atoms with Crippen molar-refractivity contribution >= 4 is 17.7 Å². The van der Waals surface area contributed by atoms with Crippen LogP contribution in [0.3, 0.4) is 0 Å². The van der Waals surface area contributed by atoms with Crippen molar-refractivity contribution in [2.24, 2.45) is 0 Å². The third kappa shape index (κ3) is 3.45.